The van der Waals surface area contributed by atoms with E-state index < -0.39 is 23.7 Å². The van der Waals surface area contributed by atoms with Gasteiger partial charge in [0.1, 0.15) is 0 Å². The van der Waals surface area contributed by atoms with Gasteiger partial charge in [-0.15, -0.1) is 0 Å². The van der Waals surface area contributed by atoms with Crippen LogP contribution in [-0.2, 0) is 19.1 Å². The smallest absolute Gasteiger partial charge is 0.393 e. The lowest BCUT2D eigenvalue weighted by Gasteiger charge is -2.33. The Morgan fingerprint density at radius 3 is 1.61 bits per heavy atom. The molecule has 0 spiro atoms. The number of rotatable bonds is 5. The minimum Gasteiger partial charge on any atom is -0.420 e. The molecule has 7 heteroatoms. The van der Waals surface area contributed by atoms with Gasteiger partial charge in [0, 0.05) is 18.1 Å². The van der Waals surface area contributed by atoms with E-state index in [1.807, 2.05) is 0 Å². The lowest BCUT2D eigenvalue weighted by Crippen LogP contribution is -2.57. The monoisotopic (exact) mass is 260 g/mol. The summed E-state index contributed by atoms with van der Waals surface area (Å²) < 4.78 is 8.52. The van der Waals surface area contributed by atoms with Crippen LogP contribution in [0.2, 0.25) is 0 Å². The van der Waals surface area contributed by atoms with E-state index in [0.717, 1.165) is 6.92 Å². The first-order chi connectivity index (χ1) is 7.90. The van der Waals surface area contributed by atoms with E-state index >= 15 is 0 Å². The molecule has 0 aliphatic carbocycles. The maximum atomic E-state index is 11.2. The molecular weight excluding hydrogens is 244 g/mol. The van der Waals surface area contributed by atoms with Crippen molar-refractivity contribution in [2.24, 2.45) is 0 Å². The normalized spacial score (nSPS) is 14.3. The van der Waals surface area contributed by atoms with Crippen molar-refractivity contribution < 1.29 is 34.4 Å². The molecule has 0 aliphatic heterocycles. The molecule has 7 nitrogen and oxygen atoms in total. The fourth-order valence-corrected chi connectivity index (χ4v) is 0.645. The topological polar surface area (TPSA) is 113 Å². The number of hydrogen-bond donors (Lipinski definition) is 3. The quantitative estimate of drug-likeness (QED) is 0.349. The van der Waals surface area contributed by atoms with Crippen molar-refractivity contribution in [2.75, 3.05) is 0 Å². The largest absolute Gasteiger partial charge is 0.420 e. The van der Waals surface area contributed by atoms with E-state index in [1.165, 1.54) is 13.8 Å². The minimum absolute atomic E-state index is 0.0858. The molecule has 0 aromatic heterocycles. The van der Waals surface area contributed by atoms with E-state index in [0.29, 0.717) is 0 Å². The highest BCUT2D eigenvalue weighted by molar-refractivity contribution is 5.88. The lowest BCUT2D eigenvalue weighted by molar-refractivity contribution is -0.437. The predicted octanol–water partition coefficient (Wildman–Crippen LogP) is -0.428. The van der Waals surface area contributed by atoms with Crippen LogP contribution >= 0.6 is 0 Å². The van der Waals surface area contributed by atoms with Gasteiger partial charge in [-0.05, 0) is 13.8 Å². The Labute approximate surface area is 104 Å². The van der Waals surface area contributed by atoms with Crippen molar-refractivity contribution in [3.05, 3.63) is 24.3 Å². The first-order valence-electron chi connectivity index (χ1n) is 4.85. The van der Waals surface area contributed by atoms with Gasteiger partial charge >= 0.3 is 23.7 Å². The number of carbonyl (C=O) groups excluding carboxylic acids is 2. The van der Waals surface area contributed by atoms with Crippen molar-refractivity contribution in [3.8, 4) is 0 Å². The van der Waals surface area contributed by atoms with Gasteiger partial charge in [0.05, 0.1) is 0 Å². The van der Waals surface area contributed by atoms with Crippen LogP contribution in [0, 0.1) is 0 Å². The summed E-state index contributed by atoms with van der Waals surface area (Å²) in [5.41, 5.74) is -0.221. The van der Waals surface area contributed by atoms with Gasteiger partial charge in [0.15, 0.2) is 0 Å². The van der Waals surface area contributed by atoms with Gasteiger partial charge < -0.3 is 24.8 Å². The van der Waals surface area contributed by atoms with Crippen LogP contribution in [0.15, 0.2) is 24.3 Å². The van der Waals surface area contributed by atoms with Gasteiger partial charge in [-0.1, -0.05) is 13.2 Å². The third kappa shape index (κ3) is 3.95. The molecule has 3 N–H and O–H groups in total. The summed E-state index contributed by atoms with van der Waals surface area (Å²) >= 11 is 0. The highest BCUT2D eigenvalue weighted by atomic mass is 16.8. The second-order valence-electron chi connectivity index (χ2n) is 3.93. The van der Waals surface area contributed by atoms with Crippen LogP contribution < -0.4 is 0 Å². The van der Waals surface area contributed by atoms with Crippen LogP contribution in [0.1, 0.15) is 20.8 Å². The summed E-state index contributed by atoms with van der Waals surface area (Å²) in [6.07, 6.45) is 0. The number of hydrogen-bond acceptors (Lipinski definition) is 7. The third-order valence-electron chi connectivity index (χ3n) is 1.83. The molecule has 0 saturated carbocycles. The van der Waals surface area contributed by atoms with Crippen LogP contribution in [-0.4, -0.2) is 39.0 Å². The lowest BCUT2D eigenvalue weighted by atomic mass is 10.2. The Bertz CT molecular complexity index is 354. The SMILES string of the molecule is C=C(C)C(=O)OC(C)(O)C(O)(O)OC(=O)C(=C)C. The summed E-state index contributed by atoms with van der Waals surface area (Å²) in [6.45, 7) is 9.73. The minimum atomic E-state index is -3.42. The number of esters is 2. The summed E-state index contributed by atoms with van der Waals surface area (Å²) in [5, 5.41) is 28.4. The van der Waals surface area contributed by atoms with Gasteiger partial charge in [-0.2, -0.15) is 0 Å². The average molecular weight is 260 g/mol. The highest BCUT2D eigenvalue weighted by Gasteiger charge is 2.52. The molecule has 0 aromatic carbocycles. The summed E-state index contributed by atoms with van der Waals surface area (Å²) in [4.78, 5) is 22.3. The summed E-state index contributed by atoms with van der Waals surface area (Å²) in [7, 11) is 0. The molecule has 0 saturated heterocycles. The molecule has 0 rings (SSSR count). The van der Waals surface area contributed by atoms with E-state index in [1.54, 1.807) is 0 Å². The molecule has 0 radical (unpaired) electrons. The predicted molar refractivity (Wildman–Crippen MR) is 59.6 cm³/mol. The van der Waals surface area contributed by atoms with Crippen LogP contribution in [0.4, 0.5) is 0 Å². The Morgan fingerprint density at radius 2 is 1.28 bits per heavy atom. The second kappa shape index (κ2) is 5.30. The number of carbonyl (C=O) groups is 2. The van der Waals surface area contributed by atoms with Crippen LogP contribution in [0.3, 0.4) is 0 Å². The summed E-state index contributed by atoms with van der Waals surface area (Å²) in [5.74, 6) is -8.55. The zero-order valence-electron chi connectivity index (χ0n) is 10.4. The third-order valence-corrected chi connectivity index (χ3v) is 1.83. The number of ether oxygens (including phenoxy) is 2. The first-order valence-corrected chi connectivity index (χ1v) is 4.85. The van der Waals surface area contributed by atoms with Gasteiger partial charge in [-0.25, -0.2) is 9.59 Å². The van der Waals surface area contributed by atoms with E-state index in [9.17, 15) is 24.9 Å². The van der Waals surface area contributed by atoms with Crippen molar-refractivity contribution in [1.82, 2.24) is 0 Å². The standard InChI is InChI=1S/C11H16O7/c1-6(2)8(12)17-10(5,14)11(15,16)18-9(13)7(3)4/h14-16H,1,3H2,2,4-5H3. The molecular formula is C11H16O7. The van der Waals surface area contributed by atoms with Crippen molar-refractivity contribution in [3.63, 3.8) is 0 Å². The molecule has 0 aromatic rings. The zero-order valence-corrected chi connectivity index (χ0v) is 10.4. The molecule has 18 heavy (non-hydrogen) atoms. The zero-order chi connectivity index (χ0) is 14.7. The van der Waals surface area contributed by atoms with E-state index in [4.69, 9.17) is 0 Å². The maximum Gasteiger partial charge on any atom is 0.393 e. The highest BCUT2D eigenvalue weighted by Crippen LogP contribution is 2.24. The van der Waals surface area contributed by atoms with Gasteiger partial charge in [0.2, 0.25) is 0 Å². The van der Waals surface area contributed by atoms with E-state index in [-0.39, 0.29) is 11.1 Å². The van der Waals surface area contributed by atoms with Crippen molar-refractivity contribution >= 4 is 11.9 Å². The molecule has 0 bridgehead atoms. The molecule has 1 atom stereocenters. The Morgan fingerprint density at radius 1 is 0.944 bits per heavy atom. The average Bonchev–Trinajstić information content (AvgIpc) is 2.15. The van der Waals surface area contributed by atoms with E-state index in [2.05, 4.69) is 22.6 Å². The first kappa shape index (κ1) is 16.3. The summed E-state index contributed by atoms with van der Waals surface area (Å²) in [6, 6.07) is 0. The van der Waals surface area contributed by atoms with Gasteiger partial charge in [0.25, 0.3) is 0 Å². The van der Waals surface area contributed by atoms with Crippen molar-refractivity contribution in [1.29, 1.82) is 0 Å². The molecule has 0 heterocycles. The Balaban J connectivity index is 4.96. The Hall–Kier alpha value is -1.70. The molecule has 0 aliphatic rings. The molecule has 0 fully saturated rings. The fraction of sp³-hybridized carbons (Fsp3) is 0.455. The van der Waals surface area contributed by atoms with Crippen LogP contribution in [0.25, 0.3) is 0 Å². The molecule has 1 unspecified atom stereocenters. The molecule has 102 valence electrons. The van der Waals surface area contributed by atoms with Gasteiger partial charge in [-0.3, -0.25) is 0 Å². The molecule has 0 amide bonds. The fourth-order valence-electron chi connectivity index (χ4n) is 0.645. The van der Waals surface area contributed by atoms with Crippen molar-refractivity contribution in [2.45, 2.75) is 32.5 Å². The Kier molecular flexibility index (Phi) is 4.80. The number of aliphatic hydroxyl groups is 3. The van der Waals surface area contributed by atoms with Crippen LogP contribution in [0.5, 0.6) is 0 Å². The second-order valence-corrected chi connectivity index (χ2v) is 3.93. The maximum absolute atomic E-state index is 11.2.